The minimum atomic E-state index is -0.683. The molecule has 2 bridgehead atoms. The first kappa shape index (κ1) is 22.3. The van der Waals surface area contributed by atoms with Crippen LogP contribution in [0, 0.1) is 30.6 Å². The van der Waals surface area contributed by atoms with Gasteiger partial charge in [0.15, 0.2) is 6.61 Å². The summed E-state index contributed by atoms with van der Waals surface area (Å²) in [5, 5.41) is 3.14. The topological polar surface area (TPSA) is 92.8 Å². The first-order valence-electron chi connectivity index (χ1n) is 11.1. The first-order chi connectivity index (χ1) is 16.2. The lowest BCUT2D eigenvalue weighted by Gasteiger charge is -2.19. The van der Waals surface area contributed by atoms with Gasteiger partial charge in [-0.2, -0.15) is 0 Å². The number of nitrogens with one attached hydrogen (secondary N) is 1. The highest BCUT2D eigenvalue weighted by Gasteiger charge is 2.60. The molecule has 1 N–H and O–H groups in total. The van der Waals surface area contributed by atoms with E-state index < -0.39 is 18.5 Å². The fourth-order valence-corrected chi connectivity index (χ4v) is 5.54. The molecule has 34 heavy (non-hydrogen) atoms. The molecule has 2 aliphatic carbocycles. The zero-order valence-corrected chi connectivity index (χ0v) is 19.5. The summed E-state index contributed by atoms with van der Waals surface area (Å²) < 4.78 is 5.09. The monoisotopic (exact) mass is 478 g/mol. The van der Waals surface area contributed by atoms with E-state index in [0.29, 0.717) is 16.4 Å². The van der Waals surface area contributed by atoms with Crippen molar-refractivity contribution in [1.82, 2.24) is 0 Å². The van der Waals surface area contributed by atoms with Crippen LogP contribution in [-0.2, 0) is 19.1 Å². The zero-order chi connectivity index (χ0) is 24.1. The molecule has 1 saturated heterocycles. The van der Waals surface area contributed by atoms with Gasteiger partial charge in [0, 0.05) is 10.7 Å². The lowest BCUT2D eigenvalue weighted by atomic mass is 9.82. The molecule has 4 atom stereocenters. The maximum atomic E-state index is 13.1. The summed E-state index contributed by atoms with van der Waals surface area (Å²) in [6.07, 6.45) is 3.00. The highest BCUT2D eigenvalue weighted by atomic mass is 35.5. The number of rotatable bonds is 5. The van der Waals surface area contributed by atoms with Crippen LogP contribution in [-0.4, -0.2) is 30.3 Å². The molecule has 2 aromatic rings. The molecule has 0 aromatic heterocycles. The summed E-state index contributed by atoms with van der Waals surface area (Å²) in [5.74, 6) is -1.81. The quantitative estimate of drug-likeness (QED) is 0.396. The number of hydrogen-bond donors (Lipinski definition) is 1. The number of aryl methyl sites for hydroxylation is 1. The first-order valence-corrected chi connectivity index (χ1v) is 11.5. The molecule has 1 saturated carbocycles. The van der Waals surface area contributed by atoms with E-state index in [1.54, 1.807) is 30.3 Å². The summed E-state index contributed by atoms with van der Waals surface area (Å²) in [5.41, 5.74) is 3.24. The molecule has 3 aliphatic rings. The second kappa shape index (κ2) is 8.40. The molecule has 3 amide bonds. The summed E-state index contributed by atoms with van der Waals surface area (Å²) >= 11 is 6.05. The smallest absolute Gasteiger partial charge is 0.338 e. The second-order valence-electron chi connectivity index (χ2n) is 9.12. The Morgan fingerprint density at radius 2 is 1.76 bits per heavy atom. The molecule has 7 nitrogen and oxygen atoms in total. The fourth-order valence-electron chi connectivity index (χ4n) is 5.36. The van der Waals surface area contributed by atoms with Crippen molar-refractivity contribution in [2.75, 3.05) is 16.8 Å². The minimum absolute atomic E-state index is 0.132. The number of nitrogens with zero attached hydrogens (tertiary/aromatic N) is 1. The van der Waals surface area contributed by atoms with Crippen molar-refractivity contribution >= 4 is 46.7 Å². The number of ether oxygens (including phenoxy) is 1. The number of hydrogen-bond acceptors (Lipinski definition) is 5. The van der Waals surface area contributed by atoms with Crippen molar-refractivity contribution in [3.05, 3.63) is 70.3 Å². The third kappa shape index (κ3) is 3.70. The number of esters is 1. The Morgan fingerprint density at radius 1 is 1.06 bits per heavy atom. The molecular weight excluding hydrogens is 456 g/mol. The lowest BCUT2D eigenvalue weighted by molar-refractivity contribution is -0.123. The van der Waals surface area contributed by atoms with Gasteiger partial charge in [-0.05, 0) is 74.1 Å². The van der Waals surface area contributed by atoms with Gasteiger partial charge >= 0.3 is 5.97 Å². The number of carbonyl (C=O) groups excluding carboxylic acids is 4. The summed E-state index contributed by atoms with van der Waals surface area (Å²) in [4.78, 5) is 51.8. The average Bonchev–Trinajstić information content (AvgIpc) is 3.45. The predicted octanol–water partition coefficient (Wildman–Crippen LogP) is 4.15. The van der Waals surface area contributed by atoms with Crippen LogP contribution >= 0.6 is 11.6 Å². The Kier molecular flexibility index (Phi) is 5.52. The van der Waals surface area contributed by atoms with E-state index in [1.807, 2.05) is 13.8 Å². The van der Waals surface area contributed by atoms with E-state index in [4.69, 9.17) is 16.3 Å². The van der Waals surface area contributed by atoms with E-state index >= 15 is 0 Å². The van der Waals surface area contributed by atoms with Crippen molar-refractivity contribution in [1.29, 1.82) is 0 Å². The number of imide groups is 1. The number of halogens is 1. The van der Waals surface area contributed by atoms with Crippen LogP contribution in [0.25, 0.3) is 0 Å². The normalized spacial score (nSPS) is 24.8. The highest BCUT2D eigenvalue weighted by Crippen LogP contribution is 2.55. The number of carbonyl (C=O) groups is 4. The van der Waals surface area contributed by atoms with Gasteiger partial charge in [0.2, 0.25) is 11.8 Å². The standard InChI is InChI=1S/C26H23ClN2O5/c1-13-3-6-17(11-20(13)27)28-21(30)12-34-26(33)15-4-7-18(8-5-15)29-24(31)22-16-9-14(2)19(10-16)23(22)25(29)32/h3-9,11,16,19,22-23H,10,12H2,1-2H3,(H,28,30)/t16-,19+,22+,23-/m0/s1. The van der Waals surface area contributed by atoms with Crippen molar-refractivity contribution in [2.45, 2.75) is 20.3 Å². The number of amides is 3. The molecule has 0 spiro atoms. The van der Waals surface area contributed by atoms with Crippen LogP contribution in [0.1, 0.15) is 29.3 Å². The number of benzene rings is 2. The van der Waals surface area contributed by atoms with Crippen molar-refractivity contribution < 1.29 is 23.9 Å². The fraction of sp³-hybridized carbons (Fsp3) is 0.308. The van der Waals surface area contributed by atoms with Crippen molar-refractivity contribution in [2.24, 2.45) is 23.7 Å². The Morgan fingerprint density at radius 3 is 2.47 bits per heavy atom. The zero-order valence-electron chi connectivity index (χ0n) is 18.7. The lowest BCUT2D eigenvalue weighted by Crippen LogP contribution is -2.33. The van der Waals surface area contributed by atoms with Gasteiger partial charge in [0.25, 0.3) is 5.91 Å². The Balaban J connectivity index is 1.20. The SMILES string of the molecule is CC1=C[C@H]2C[C@H]1[C@@H]1C(=O)N(c3ccc(C(=O)OCC(=O)Nc4ccc(C)c(Cl)c4)cc3)C(=O)[C@@H]12. The molecule has 0 radical (unpaired) electrons. The van der Waals surface area contributed by atoms with Gasteiger partial charge in [-0.1, -0.05) is 29.3 Å². The second-order valence-corrected chi connectivity index (χ2v) is 9.52. The van der Waals surface area contributed by atoms with Crippen LogP contribution in [0.4, 0.5) is 11.4 Å². The van der Waals surface area contributed by atoms with Gasteiger partial charge in [0.05, 0.1) is 23.1 Å². The van der Waals surface area contributed by atoms with Crippen molar-refractivity contribution in [3.8, 4) is 0 Å². The van der Waals surface area contributed by atoms with Gasteiger partial charge < -0.3 is 10.1 Å². The maximum absolute atomic E-state index is 13.1. The number of allylic oxidation sites excluding steroid dienone is 2. The van der Waals surface area contributed by atoms with Gasteiger partial charge in [-0.25, -0.2) is 4.79 Å². The third-order valence-electron chi connectivity index (χ3n) is 7.03. The molecule has 2 fully saturated rings. The van der Waals surface area contributed by atoms with Crippen LogP contribution in [0.5, 0.6) is 0 Å². The molecular formula is C26H23ClN2O5. The highest BCUT2D eigenvalue weighted by molar-refractivity contribution is 6.31. The molecule has 8 heteroatoms. The van der Waals surface area contributed by atoms with E-state index in [0.717, 1.165) is 12.0 Å². The number of anilines is 2. The molecule has 1 heterocycles. The summed E-state index contributed by atoms with van der Waals surface area (Å²) in [6.45, 7) is 3.41. The van der Waals surface area contributed by atoms with Crippen LogP contribution in [0.2, 0.25) is 5.02 Å². The van der Waals surface area contributed by atoms with E-state index in [1.165, 1.54) is 22.6 Å². The van der Waals surface area contributed by atoms with E-state index in [2.05, 4.69) is 11.4 Å². The molecule has 1 aliphatic heterocycles. The molecule has 0 unspecified atom stereocenters. The van der Waals surface area contributed by atoms with E-state index in [9.17, 15) is 19.2 Å². The minimum Gasteiger partial charge on any atom is -0.452 e. The van der Waals surface area contributed by atoms with Gasteiger partial charge in [-0.3, -0.25) is 19.3 Å². The summed E-state index contributed by atoms with van der Waals surface area (Å²) in [7, 11) is 0. The van der Waals surface area contributed by atoms with E-state index in [-0.39, 0.29) is 41.0 Å². The Hall–Kier alpha value is -3.45. The Bertz CT molecular complexity index is 1250. The van der Waals surface area contributed by atoms with Gasteiger partial charge in [0.1, 0.15) is 0 Å². The molecule has 2 aromatic carbocycles. The Labute approximate surface area is 201 Å². The molecule has 174 valence electrons. The van der Waals surface area contributed by atoms with Crippen LogP contribution in [0.15, 0.2) is 54.1 Å². The predicted molar refractivity (Wildman–Crippen MR) is 126 cm³/mol. The molecule has 5 rings (SSSR count). The van der Waals surface area contributed by atoms with Crippen LogP contribution in [0.3, 0.4) is 0 Å². The number of fused-ring (bicyclic) bond motifs is 5. The largest absolute Gasteiger partial charge is 0.452 e. The average molecular weight is 479 g/mol. The van der Waals surface area contributed by atoms with Crippen molar-refractivity contribution in [3.63, 3.8) is 0 Å². The third-order valence-corrected chi connectivity index (χ3v) is 7.44. The van der Waals surface area contributed by atoms with Crippen LogP contribution < -0.4 is 10.2 Å². The summed E-state index contributed by atoms with van der Waals surface area (Å²) in [6, 6.07) is 11.2. The van der Waals surface area contributed by atoms with Gasteiger partial charge in [-0.15, -0.1) is 0 Å². The maximum Gasteiger partial charge on any atom is 0.338 e.